The van der Waals surface area contributed by atoms with Crippen LogP contribution in [0.4, 0.5) is 15.3 Å². The Balaban J connectivity index is 2.01. The summed E-state index contributed by atoms with van der Waals surface area (Å²) in [7, 11) is 3.32. The van der Waals surface area contributed by atoms with E-state index in [0.29, 0.717) is 0 Å². The molecule has 0 unspecified atom stereocenters. The molecular formula is C15H19N5O4. The van der Waals surface area contributed by atoms with Crippen molar-refractivity contribution in [2.75, 3.05) is 14.1 Å². The lowest BCUT2D eigenvalue weighted by Crippen LogP contribution is -2.71. The SMILES string of the molecule is C[C@@H]1NC(=O)N(C)[C@@H]2NC(=O)N(C)[C@H](c3ccc([N+](=O)[O-])cc3)[C@H]12. The quantitative estimate of drug-likeness (QED) is 0.628. The molecule has 2 aliphatic heterocycles. The number of urea groups is 2. The number of rotatable bonds is 2. The maximum absolute atomic E-state index is 12.3. The molecule has 0 saturated carbocycles. The van der Waals surface area contributed by atoms with E-state index in [4.69, 9.17) is 0 Å². The average Bonchev–Trinajstić information content (AvgIpc) is 2.54. The minimum absolute atomic E-state index is 0.000303. The highest BCUT2D eigenvalue weighted by atomic mass is 16.6. The normalized spacial score (nSPS) is 29.6. The molecule has 0 aliphatic carbocycles. The molecule has 1 aromatic rings. The summed E-state index contributed by atoms with van der Waals surface area (Å²) in [6.07, 6.45) is -0.433. The number of hydrogen-bond donors (Lipinski definition) is 2. The molecule has 0 bridgehead atoms. The first-order valence-electron chi connectivity index (χ1n) is 7.62. The van der Waals surface area contributed by atoms with Crippen LogP contribution in [0.3, 0.4) is 0 Å². The van der Waals surface area contributed by atoms with Crippen LogP contribution in [0.15, 0.2) is 24.3 Å². The van der Waals surface area contributed by atoms with E-state index >= 15 is 0 Å². The van der Waals surface area contributed by atoms with Gasteiger partial charge in [0.05, 0.1) is 11.0 Å². The Morgan fingerprint density at radius 3 is 2.21 bits per heavy atom. The molecule has 2 fully saturated rings. The zero-order valence-corrected chi connectivity index (χ0v) is 13.6. The average molecular weight is 333 g/mol. The van der Waals surface area contributed by atoms with Gasteiger partial charge >= 0.3 is 12.1 Å². The van der Waals surface area contributed by atoms with E-state index in [9.17, 15) is 19.7 Å². The molecule has 4 amide bonds. The second-order valence-electron chi connectivity index (χ2n) is 6.23. The highest BCUT2D eigenvalue weighted by Gasteiger charge is 2.49. The van der Waals surface area contributed by atoms with Crippen molar-refractivity contribution in [3.63, 3.8) is 0 Å². The van der Waals surface area contributed by atoms with Crippen LogP contribution in [0.5, 0.6) is 0 Å². The van der Waals surface area contributed by atoms with Gasteiger partial charge in [0.25, 0.3) is 5.69 Å². The molecule has 0 aromatic heterocycles. The number of nitrogens with one attached hydrogen (secondary N) is 2. The van der Waals surface area contributed by atoms with Crippen molar-refractivity contribution >= 4 is 17.7 Å². The lowest BCUT2D eigenvalue weighted by molar-refractivity contribution is -0.384. The third-order valence-electron chi connectivity index (χ3n) is 4.85. The summed E-state index contributed by atoms with van der Waals surface area (Å²) in [4.78, 5) is 37.7. The number of hydrogen-bond acceptors (Lipinski definition) is 4. The molecule has 4 atom stereocenters. The van der Waals surface area contributed by atoms with Crippen molar-refractivity contribution in [3.8, 4) is 0 Å². The molecule has 2 saturated heterocycles. The summed E-state index contributed by atoms with van der Waals surface area (Å²) in [5.74, 6) is -0.100. The summed E-state index contributed by atoms with van der Waals surface area (Å²) in [6, 6.07) is 5.20. The minimum atomic E-state index is -0.457. The molecule has 128 valence electrons. The van der Waals surface area contributed by atoms with Crippen LogP contribution in [0.25, 0.3) is 0 Å². The molecule has 9 heteroatoms. The molecule has 2 heterocycles. The van der Waals surface area contributed by atoms with Gasteiger partial charge in [0, 0.05) is 38.2 Å². The Bertz CT molecular complexity index is 692. The van der Waals surface area contributed by atoms with Gasteiger partial charge in [-0.3, -0.25) is 10.1 Å². The van der Waals surface area contributed by atoms with E-state index in [0.717, 1.165) is 5.56 Å². The summed E-state index contributed by atoms with van der Waals surface area (Å²) in [6.45, 7) is 1.90. The zero-order valence-electron chi connectivity index (χ0n) is 13.6. The maximum Gasteiger partial charge on any atom is 0.319 e. The molecule has 0 spiro atoms. The molecule has 9 nitrogen and oxygen atoms in total. The number of fused-ring (bicyclic) bond motifs is 1. The highest BCUT2D eigenvalue weighted by molar-refractivity contribution is 5.80. The Labute approximate surface area is 138 Å². The van der Waals surface area contributed by atoms with Gasteiger partial charge in [-0.25, -0.2) is 9.59 Å². The van der Waals surface area contributed by atoms with E-state index in [1.54, 1.807) is 31.1 Å². The fourth-order valence-electron chi connectivity index (χ4n) is 3.54. The van der Waals surface area contributed by atoms with E-state index in [1.807, 2.05) is 6.92 Å². The monoisotopic (exact) mass is 333 g/mol. The van der Waals surface area contributed by atoms with E-state index < -0.39 is 11.1 Å². The summed E-state index contributed by atoms with van der Waals surface area (Å²) >= 11 is 0. The molecular weight excluding hydrogens is 314 g/mol. The van der Waals surface area contributed by atoms with Crippen molar-refractivity contribution in [2.45, 2.75) is 25.2 Å². The summed E-state index contributed by atoms with van der Waals surface area (Å²) < 4.78 is 0. The van der Waals surface area contributed by atoms with Gasteiger partial charge in [-0.1, -0.05) is 12.1 Å². The number of amides is 4. The topological polar surface area (TPSA) is 108 Å². The minimum Gasteiger partial charge on any atom is -0.335 e. The van der Waals surface area contributed by atoms with Gasteiger partial charge in [-0.05, 0) is 12.5 Å². The van der Waals surface area contributed by atoms with Crippen molar-refractivity contribution in [1.29, 1.82) is 0 Å². The van der Waals surface area contributed by atoms with Crippen molar-refractivity contribution in [2.24, 2.45) is 5.92 Å². The predicted molar refractivity (Wildman–Crippen MR) is 85.2 cm³/mol. The largest absolute Gasteiger partial charge is 0.335 e. The van der Waals surface area contributed by atoms with Gasteiger partial charge in [-0.15, -0.1) is 0 Å². The van der Waals surface area contributed by atoms with Gasteiger partial charge in [-0.2, -0.15) is 0 Å². The third-order valence-corrected chi connectivity index (χ3v) is 4.85. The van der Waals surface area contributed by atoms with Gasteiger partial charge in [0.2, 0.25) is 0 Å². The fourth-order valence-corrected chi connectivity index (χ4v) is 3.54. The highest BCUT2D eigenvalue weighted by Crippen LogP contribution is 2.38. The number of carbonyl (C=O) groups excluding carboxylic acids is 2. The lowest BCUT2D eigenvalue weighted by atomic mass is 9.81. The fraction of sp³-hybridized carbons (Fsp3) is 0.467. The lowest BCUT2D eigenvalue weighted by Gasteiger charge is -2.52. The maximum atomic E-state index is 12.3. The zero-order chi connectivity index (χ0) is 17.6. The smallest absolute Gasteiger partial charge is 0.319 e. The number of nitro groups is 1. The second kappa shape index (κ2) is 5.66. The molecule has 0 radical (unpaired) electrons. The van der Waals surface area contributed by atoms with E-state index in [1.165, 1.54) is 17.0 Å². The van der Waals surface area contributed by atoms with Crippen LogP contribution in [-0.2, 0) is 0 Å². The molecule has 24 heavy (non-hydrogen) atoms. The van der Waals surface area contributed by atoms with Crippen molar-refractivity contribution < 1.29 is 14.5 Å². The van der Waals surface area contributed by atoms with Crippen LogP contribution in [0.1, 0.15) is 18.5 Å². The van der Waals surface area contributed by atoms with Gasteiger partial charge in [0.15, 0.2) is 0 Å². The number of carbonyl (C=O) groups is 2. The standard InChI is InChI=1S/C15H19N5O4/c1-8-11-12(9-4-6-10(7-5-9)20(23)24)18(2)15(22)17-13(11)19(3)14(21)16-8/h4-8,11-13H,1-3H3,(H,16,21)(H,17,22)/t8-,11-,12+,13-/m0/s1. The van der Waals surface area contributed by atoms with Crippen LogP contribution in [-0.4, -0.2) is 53.1 Å². The van der Waals surface area contributed by atoms with Crippen LogP contribution in [0, 0.1) is 16.0 Å². The number of nitro benzene ring substituents is 1. The van der Waals surface area contributed by atoms with Crippen LogP contribution in [0.2, 0.25) is 0 Å². The van der Waals surface area contributed by atoms with Gasteiger partial charge in [0.1, 0.15) is 6.17 Å². The van der Waals surface area contributed by atoms with Gasteiger partial charge < -0.3 is 20.4 Å². The van der Waals surface area contributed by atoms with Crippen molar-refractivity contribution in [3.05, 3.63) is 39.9 Å². The van der Waals surface area contributed by atoms with Crippen molar-refractivity contribution in [1.82, 2.24) is 20.4 Å². The third kappa shape index (κ3) is 2.41. The Hall–Kier alpha value is -2.84. The first kappa shape index (κ1) is 16.0. The predicted octanol–water partition coefficient (Wildman–Crippen LogP) is 1.28. The molecule has 1 aromatic carbocycles. The Morgan fingerprint density at radius 2 is 1.62 bits per heavy atom. The first-order valence-corrected chi connectivity index (χ1v) is 7.62. The Morgan fingerprint density at radius 1 is 1.04 bits per heavy atom. The molecule has 3 rings (SSSR count). The summed E-state index contributed by atoms with van der Waals surface area (Å²) in [5, 5.41) is 16.6. The van der Waals surface area contributed by atoms with Crippen LogP contribution >= 0.6 is 0 Å². The molecule has 2 N–H and O–H groups in total. The van der Waals surface area contributed by atoms with Crippen LogP contribution < -0.4 is 10.6 Å². The summed E-state index contributed by atoms with van der Waals surface area (Å²) in [5.41, 5.74) is 0.796. The number of non-ortho nitro benzene ring substituents is 1. The van der Waals surface area contributed by atoms with E-state index in [2.05, 4.69) is 10.6 Å². The van der Waals surface area contributed by atoms with E-state index in [-0.39, 0.29) is 35.8 Å². The number of nitrogens with zero attached hydrogens (tertiary/aromatic N) is 3. The Kier molecular flexibility index (Phi) is 3.78. The second-order valence-corrected chi connectivity index (χ2v) is 6.23. The molecule has 2 aliphatic rings. The number of benzene rings is 1. The first-order chi connectivity index (χ1) is 11.3.